The molecule has 7 nitrogen and oxygen atoms in total. The zero-order valence-corrected chi connectivity index (χ0v) is 16.4. The summed E-state index contributed by atoms with van der Waals surface area (Å²) in [4.78, 5) is 19.4. The molecule has 1 saturated heterocycles. The molecule has 0 saturated carbocycles. The second kappa shape index (κ2) is 7.77. The lowest BCUT2D eigenvalue weighted by Crippen LogP contribution is -2.58. The summed E-state index contributed by atoms with van der Waals surface area (Å²) in [5, 5.41) is 8.19. The van der Waals surface area contributed by atoms with Crippen LogP contribution in [0, 0.1) is 0 Å². The van der Waals surface area contributed by atoms with Gasteiger partial charge in [-0.3, -0.25) is 10.2 Å². The molecule has 3 aromatic rings. The first-order chi connectivity index (χ1) is 13.6. The molecular formula is C20H22ClN5O2. The van der Waals surface area contributed by atoms with Crippen LogP contribution in [0.5, 0.6) is 0 Å². The van der Waals surface area contributed by atoms with Crippen molar-refractivity contribution in [2.24, 2.45) is 0 Å². The Morgan fingerprint density at radius 1 is 1.29 bits per heavy atom. The van der Waals surface area contributed by atoms with Gasteiger partial charge in [-0.25, -0.2) is 14.3 Å². The van der Waals surface area contributed by atoms with Crippen LogP contribution in [0.3, 0.4) is 0 Å². The SMILES string of the molecule is CCOC(=O)NC(c1cccc(Cl)c1)(c1cnc2cccnn12)N1CCCC1. The van der Waals surface area contributed by atoms with Crippen molar-refractivity contribution in [1.82, 2.24) is 24.8 Å². The van der Waals surface area contributed by atoms with Crippen molar-refractivity contribution < 1.29 is 9.53 Å². The van der Waals surface area contributed by atoms with Crippen molar-refractivity contribution in [2.45, 2.75) is 25.4 Å². The van der Waals surface area contributed by atoms with Crippen molar-refractivity contribution in [1.29, 1.82) is 0 Å². The lowest BCUT2D eigenvalue weighted by molar-refractivity contribution is 0.0853. The molecule has 1 unspecified atom stereocenters. The number of halogens is 1. The third kappa shape index (κ3) is 3.21. The maximum absolute atomic E-state index is 12.7. The van der Waals surface area contributed by atoms with E-state index in [-0.39, 0.29) is 6.61 Å². The molecule has 3 heterocycles. The summed E-state index contributed by atoms with van der Waals surface area (Å²) in [7, 11) is 0. The van der Waals surface area contributed by atoms with Crippen LogP contribution < -0.4 is 5.32 Å². The fourth-order valence-corrected chi connectivity index (χ4v) is 4.05. The van der Waals surface area contributed by atoms with E-state index in [1.807, 2.05) is 36.4 Å². The van der Waals surface area contributed by atoms with Gasteiger partial charge < -0.3 is 4.74 Å². The number of amides is 1. The number of likely N-dealkylation sites (tertiary alicyclic amines) is 1. The maximum Gasteiger partial charge on any atom is 0.409 e. The van der Waals surface area contributed by atoms with Crippen molar-refractivity contribution >= 4 is 23.3 Å². The molecule has 1 aromatic carbocycles. The standard InChI is InChI=1S/C20H22ClN5O2/c1-2-28-19(27)24-20(25-11-3-4-12-25,15-7-5-8-16(21)13-15)17-14-22-18-9-6-10-23-26(17)18/h5-10,13-14H,2-4,11-12H2,1H3,(H,24,27). The Morgan fingerprint density at radius 2 is 2.11 bits per heavy atom. The highest BCUT2D eigenvalue weighted by molar-refractivity contribution is 6.30. The van der Waals surface area contributed by atoms with Gasteiger partial charge in [0.2, 0.25) is 0 Å². The first kappa shape index (κ1) is 18.7. The summed E-state index contributed by atoms with van der Waals surface area (Å²) in [6, 6.07) is 11.2. The van der Waals surface area contributed by atoms with Crippen LogP contribution in [0.4, 0.5) is 4.79 Å². The minimum absolute atomic E-state index is 0.281. The third-order valence-corrected chi connectivity index (χ3v) is 5.26. The number of hydrogen-bond donors (Lipinski definition) is 1. The summed E-state index contributed by atoms with van der Waals surface area (Å²) in [5.74, 6) is 0. The van der Waals surface area contributed by atoms with Gasteiger partial charge in [-0.2, -0.15) is 5.10 Å². The van der Waals surface area contributed by atoms with Gasteiger partial charge in [0, 0.05) is 29.9 Å². The van der Waals surface area contributed by atoms with Gasteiger partial charge in [0.1, 0.15) is 5.69 Å². The fraction of sp³-hybridized carbons (Fsp3) is 0.350. The molecule has 1 aliphatic heterocycles. The second-order valence-corrected chi connectivity index (χ2v) is 7.13. The molecule has 0 bridgehead atoms. The molecule has 8 heteroatoms. The van der Waals surface area contributed by atoms with E-state index in [0.717, 1.165) is 37.2 Å². The molecule has 1 amide bonds. The van der Waals surface area contributed by atoms with Crippen LogP contribution >= 0.6 is 11.6 Å². The fourth-order valence-electron chi connectivity index (χ4n) is 3.86. The highest BCUT2D eigenvalue weighted by Crippen LogP contribution is 2.37. The number of ether oxygens (including phenoxy) is 1. The second-order valence-electron chi connectivity index (χ2n) is 6.70. The van der Waals surface area contributed by atoms with E-state index in [1.54, 1.807) is 23.8 Å². The normalized spacial score (nSPS) is 16.8. The number of carbonyl (C=O) groups excluding carboxylic acids is 1. The smallest absolute Gasteiger partial charge is 0.409 e. The molecule has 28 heavy (non-hydrogen) atoms. The number of carbonyl (C=O) groups is 1. The predicted molar refractivity (Wildman–Crippen MR) is 106 cm³/mol. The first-order valence-corrected chi connectivity index (χ1v) is 9.78. The largest absolute Gasteiger partial charge is 0.450 e. The topological polar surface area (TPSA) is 71.8 Å². The molecule has 0 aliphatic carbocycles. The van der Waals surface area contributed by atoms with Crippen LogP contribution in [0.15, 0.2) is 48.8 Å². The quantitative estimate of drug-likeness (QED) is 0.711. The van der Waals surface area contributed by atoms with E-state index in [9.17, 15) is 4.79 Å². The van der Waals surface area contributed by atoms with Crippen molar-refractivity contribution in [3.05, 3.63) is 65.1 Å². The average molecular weight is 400 g/mol. The van der Waals surface area contributed by atoms with Gasteiger partial charge in [-0.05, 0) is 44.0 Å². The Labute approximate surface area is 168 Å². The molecule has 1 fully saturated rings. The van der Waals surface area contributed by atoms with Crippen LogP contribution in [0.25, 0.3) is 5.65 Å². The Hall–Kier alpha value is -2.64. The number of fused-ring (bicyclic) bond motifs is 1. The summed E-state index contributed by atoms with van der Waals surface area (Å²) in [5.41, 5.74) is 1.28. The number of imidazole rings is 1. The van der Waals surface area contributed by atoms with E-state index in [4.69, 9.17) is 16.3 Å². The summed E-state index contributed by atoms with van der Waals surface area (Å²) < 4.78 is 7.01. The molecule has 1 N–H and O–H groups in total. The summed E-state index contributed by atoms with van der Waals surface area (Å²) >= 11 is 6.33. The maximum atomic E-state index is 12.7. The predicted octanol–water partition coefficient (Wildman–Crippen LogP) is 3.43. The molecular weight excluding hydrogens is 378 g/mol. The van der Waals surface area contributed by atoms with Gasteiger partial charge in [0.05, 0.1) is 12.8 Å². The molecule has 2 aromatic heterocycles. The van der Waals surface area contributed by atoms with Gasteiger partial charge in [-0.1, -0.05) is 23.7 Å². The molecule has 4 rings (SSSR count). The number of rotatable bonds is 5. The number of nitrogens with one attached hydrogen (secondary N) is 1. The van der Waals surface area contributed by atoms with Crippen molar-refractivity contribution in [2.75, 3.05) is 19.7 Å². The Bertz CT molecular complexity index is 985. The summed E-state index contributed by atoms with van der Waals surface area (Å²) in [6.07, 6.45) is 5.04. The average Bonchev–Trinajstić information content (AvgIpc) is 3.37. The molecule has 0 spiro atoms. The zero-order chi connectivity index (χ0) is 19.6. The monoisotopic (exact) mass is 399 g/mol. The molecule has 0 radical (unpaired) electrons. The van der Waals surface area contributed by atoms with E-state index >= 15 is 0 Å². The van der Waals surface area contributed by atoms with E-state index in [1.165, 1.54) is 0 Å². The van der Waals surface area contributed by atoms with Gasteiger partial charge in [0.15, 0.2) is 11.3 Å². The Kier molecular flexibility index (Phi) is 5.19. The minimum Gasteiger partial charge on any atom is -0.450 e. The minimum atomic E-state index is -0.999. The Balaban J connectivity index is 1.98. The van der Waals surface area contributed by atoms with Crippen molar-refractivity contribution in [3.8, 4) is 0 Å². The van der Waals surface area contributed by atoms with Crippen LogP contribution in [0.1, 0.15) is 31.0 Å². The number of alkyl carbamates (subject to hydrolysis) is 1. The van der Waals surface area contributed by atoms with E-state index < -0.39 is 11.8 Å². The van der Waals surface area contributed by atoms with Crippen LogP contribution in [-0.4, -0.2) is 45.3 Å². The highest BCUT2D eigenvalue weighted by Gasteiger charge is 2.46. The number of hydrogen-bond acceptors (Lipinski definition) is 5. The number of aromatic nitrogens is 3. The third-order valence-electron chi connectivity index (χ3n) is 5.03. The molecule has 1 atom stereocenters. The lowest BCUT2D eigenvalue weighted by Gasteiger charge is -2.41. The van der Waals surface area contributed by atoms with Crippen LogP contribution in [0.2, 0.25) is 5.02 Å². The summed E-state index contributed by atoms with van der Waals surface area (Å²) in [6.45, 7) is 3.70. The van der Waals surface area contributed by atoms with Crippen LogP contribution in [-0.2, 0) is 10.4 Å². The van der Waals surface area contributed by atoms with Gasteiger partial charge >= 0.3 is 6.09 Å². The highest BCUT2D eigenvalue weighted by atomic mass is 35.5. The molecule has 146 valence electrons. The number of nitrogens with zero attached hydrogens (tertiary/aromatic N) is 4. The first-order valence-electron chi connectivity index (χ1n) is 9.40. The molecule has 1 aliphatic rings. The zero-order valence-electron chi connectivity index (χ0n) is 15.6. The lowest BCUT2D eigenvalue weighted by atomic mass is 9.94. The van der Waals surface area contributed by atoms with E-state index in [2.05, 4.69) is 20.3 Å². The van der Waals surface area contributed by atoms with Crippen molar-refractivity contribution in [3.63, 3.8) is 0 Å². The number of benzene rings is 1. The Morgan fingerprint density at radius 3 is 2.86 bits per heavy atom. The van der Waals surface area contributed by atoms with E-state index in [0.29, 0.717) is 10.7 Å². The van der Waals surface area contributed by atoms with Gasteiger partial charge in [-0.15, -0.1) is 0 Å². The van der Waals surface area contributed by atoms with Gasteiger partial charge in [0.25, 0.3) is 0 Å².